The first kappa shape index (κ1) is 9.31. The average Bonchev–Trinajstić information content (AvgIpc) is 1.84. The van der Waals surface area contributed by atoms with E-state index >= 15 is 0 Å². The maximum absolute atomic E-state index is 9.44. The van der Waals surface area contributed by atoms with E-state index in [1.165, 1.54) is 0 Å². The third-order valence-corrected chi connectivity index (χ3v) is 2.22. The van der Waals surface area contributed by atoms with Crippen LogP contribution >= 0.6 is 11.8 Å². The molecule has 0 fully saturated rings. The second kappa shape index (κ2) is 4.18. The predicted octanol–water partition coefficient (Wildman–Crippen LogP) is 1.90. The van der Waals surface area contributed by atoms with Crippen molar-refractivity contribution in [2.75, 3.05) is 12.0 Å². The van der Waals surface area contributed by atoms with E-state index in [0.29, 0.717) is 0 Å². The molecule has 0 bridgehead atoms. The molecule has 1 N–H and O–H groups in total. The summed E-state index contributed by atoms with van der Waals surface area (Å²) in [6.07, 6.45) is 3.82. The summed E-state index contributed by atoms with van der Waals surface area (Å²) in [5.41, 5.74) is -0.428. The minimum absolute atomic E-state index is 0.428. The molecule has 0 aliphatic carbocycles. The molecule has 1 atom stereocenters. The van der Waals surface area contributed by atoms with E-state index < -0.39 is 5.60 Å². The minimum Gasteiger partial charge on any atom is -0.390 e. The quantitative estimate of drug-likeness (QED) is 0.657. The Morgan fingerprint density at radius 1 is 1.56 bits per heavy atom. The van der Waals surface area contributed by atoms with Crippen LogP contribution < -0.4 is 0 Å². The van der Waals surface area contributed by atoms with Gasteiger partial charge in [-0.05, 0) is 31.8 Å². The van der Waals surface area contributed by atoms with Gasteiger partial charge in [0.2, 0.25) is 0 Å². The van der Waals surface area contributed by atoms with Gasteiger partial charge in [-0.1, -0.05) is 6.92 Å². The summed E-state index contributed by atoms with van der Waals surface area (Å²) < 4.78 is 0. The lowest BCUT2D eigenvalue weighted by molar-refractivity contribution is 0.0534. The molecule has 0 heterocycles. The van der Waals surface area contributed by atoms with Gasteiger partial charge in [-0.3, -0.25) is 0 Å². The Hall–Kier alpha value is 0.310. The smallest absolute Gasteiger partial charge is 0.0625 e. The predicted molar refractivity (Wildman–Crippen MR) is 43.9 cm³/mol. The number of thioether (sulfide) groups is 1. The number of rotatable bonds is 4. The third-order valence-electron chi connectivity index (χ3n) is 1.61. The van der Waals surface area contributed by atoms with Crippen LogP contribution in [0.2, 0.25) is 0 Å². The SMILES string of the molecule is CCC(C)(O)CCSC. The van der Waals surface area contributed by atoms with Gasteiger partial charge in [-0.15, -0.1) is 0 Å². The molecule has 0 aromatic heterocycles. The van der Waals surface area contributed by atoms with Crippen molar-refractivity contribution in [3.8, 4) is 0 Å². The van der Waals surface area contributed by atoms with Crippen LogP contribution in [0, 0.1) is 0 Å². The molecule has 9 heavy (non-hydrogen) atoms. The highest BCUT2D eigenvalue weighted by Crippen LogP contribution is 2.15. The first-order valence-electron chi connectivity index (χ1n) is 3.33. The van der Waals surface area contributed by atoms with Crippen LogP contribution in [0.4, 0.5) is 0 Å². The Balaban J connectivity index is 3.33. The Morgan fingerprint density at radius 2 is 2.11 bits per heavy atom. The molecule has 0 amide bonds. The summed E-state index contributed by atoms with van der Waals surface area (Å²) in [5.74, 6) is 1.06. The van der Waals surface area contributed by atoms with Crippen LogP contribution in [-0.2, 0) is 0 Å². The Kier molecular flexibility index (Phi) is 4.32. The second-order valence-corrected chi connectivity index (χ2v) is 3.58. The second-order valence-electron chi connectivity index (χ2n) is 2.59. The molecule has 0 rings (SSSR count). The number of hydrogen-bond acceptors (Lipinski definition) is 2. The highest BCUT2D eigenvalue weighted by molar-refractivity contribution is 7.98. The van der Waals surface area contributed by atoms with Gasteiger partial charge in [0, 0.05) is 0 Å². The molecule has 0 radical (unpaired) electrons. The van der Waals surface area contributed by atoms with Crippen molar-refractivity contribution in [2.45, 2.75) is 32.3 Å². The van der Waals surface area contributed by atoms with E-state index in [4.69, 9.17) is 0 Å². The van der Waals surface area contributed by atoms with Gasteiger partial charge in [0.25, 0.3) is 0 Å². The third kappa shape index (κ3) is 4.79. The first-order chi connectivity index (χ1) is 4.12. The molecule has 0 aromatic carbocycles. The average molecular weight is 148 g/mol. The summed E-state index contributed by atoms with van der Waals surface area (Å²) in [6, 6.07) is 0. The van der Waals surface area contributed by atoms with Gasteiger partial charge in [0.05, 0.1) is 5.60 Å². The lowest BCUT2D eigenvalue weighted by Gasteiger charge is -2.19. The van der Waals surface area contributed by atoms with Gasteiger partial charge < -0.3 is 5.11 Å². The van der Waals surface area contributed by atoms with E-state index in [-0.39, 0.29) is 0 Å². The molecular weight excluding hydrogens is 132 g/mol. The topological polar surface area (TPSA) is 20.2 Å². The Labute approximate surface area is 61.8 Å². The lowest BCUT2D eigenvalue weighted by atomic mass is 10.0. The monoisotopic (exact) mass is 148 g/mol. The molecule has 0 aromatic rings. The zero-order chi connectivity index (χ0) is 7.33. The number of hydrogen-bond donors (Lipinski definition) is 1. The van der Waals surface area contributed by atoms with Crippen molar-refractivity contribution in [1.29, 1.82) is 0 Å². The molecule has 0 saturated heterocycles. The summed E-state index contributed by atoms with van der Waals surface area (Å²) in [7, 11) is 0. The molecule has 0 spiro atoms. The van der Waals surface area contributed by atoms with Gasteiger partial charge in [0.1, 0.15) is 0 Å². The molecule has 2 heteroatoms. The van der Waals surface area contributed by atoms with Crippen LogP contribution in [0.5, 0.6) is 0 Å². The molecule has 0 aliphatic rings. The minimum atomic E-state index is -0.428. The van der Waals surface area contributed by atoms with E-state index in [2.05, 4.69) is 6.26 Å². The fourth-order valence-corrected chi connectivity index (χ4v) is 1.14. The summed E-state index contributed by atoms with van der Waals surface area (Å²) >= 11 is 1.78. The normalized spacial score (nSPS) is 17.3. The van der Waals surface area contributed by atoms with Crippen molar-refractivity contribution < 1.29 is 5.11 Å². The van der Waals surface area contributed by atoms with Crippen molar-refractivity contribution in [3.63, 3.8) is 0 Å². The van der Waals surface area contributed by atoms with Gasteiger partial charge in [-0.25, -0.2) is 0 Å². The van der Waals surface area contributed by atoms with Crippen LogP contribution in [0.1, 0.15) is 26.7 Å². The van der Waals surface area contributed by atoms with Crippen molar-refractivity contribution in [3.05, 3.63) is 0 Å². The standard InChI is InChI=1S/C7H16OS/c1-4-7(2,8)5-6-9-3/h8H,4-6H2,1-3H3. The van der Waals surface area contributed by atoms with E-state index in [1.807, 2.05) is 13.8 Å². The number of aliphatic hydroxyl groups is 1. The van der Waals surface area contributed by atoms with Crippen LogP contribution in [0.25, 0.3) is 0 Å². The largest absolute Gasteiger partial charge is 0.390 e. The van der Waals surface area contributed by atoms with E-state index in [1.54, 1.807) is 11.8 Å². The Bertz CT molecular complexity index is 71.3. The van der Waals surface area contributed by atoms with E-state index in [0.717, 1.165) is 18.6 Å². The molecular formula is C7H16OS. The van der Waals surface area contributed by atoms with Gasteiger partial charge in [0.15, 0.2) is 0 Å². The zero-order valence-electron chi connectivity index (χ0n) is 6.48. The van der Waals surface area contributed by atoms with Gasteiger partial charge >= 0.3 is 0 Å². The van der Waals surface area contributed by atoms with Gasteiger partial charge in [-0.2, -0.15) is 11.8 Å². The molecule has 0 aliphatic heterocycles. The first-order valence-corrected chi connectivity index (χ1v) is 4.73. The molecule has 1 unspecified atom stereocenters. The van der Waals surface area contributed by atoms with Crippen molar-refractivity contribution in [1.82, 2.24) is 0 Å². The maximum atomic E-state index is 9.44. The zero-order valence-corrected chi connectivity index (χ0v) is 7.29. The van der Waals surface area contributed by atoms with Crippen LogP contribution in [0.15, 0.2) is 0 Å². The highest BCUT2D eigenvalue weighted by atomic mass is 32.2. The molecule has 1 nitrogen and oxygen atoms in total. The maximum Gasteiger partial charge on any atom is 0.0625 e. The fraction of sp³-hybridized carbons (Fsp3) is 1.00. The molecule has 0 saturated carbocycles. The molecule has 56 valence electrons. The summed E-state index contributed by atoms with van der Waals surface area (Å²) in [4.78, 5) is 0. The highest BCUT2D eigenvalue weighted by Gasteiger charge is 2.15. The fourth-order valence-electron chi connectivity index (χ4n) is 0.499. The van der Waals surface area contributed by atoms with Crippen LogP contribution in [0.3, 0.4) is 0 Å². The van der Waals surface area contributed by atoms with Crippen molar-refractivity contribution in [2.24, 2.45) is 0 Å². The summed E-state index contributed by atoms with van der Waals surface area (Å²) in [6.45, 7) is 3.91. The Morgan fingerprint density at radius 3 is 2.44 bits per heavy atom. The summed E-state index contributed by atoms with van der Waals surface area (Å²) in [5, 5.41) is 9.44. The lowest BCUT2D eigenvalue weighted by Crippen LogP contribution is -2.23. The van der Waals surface area contributed by atoms with Crippen LogP contribution in [-0.4, -0.2) is 22.7 Å². The van der Waals surface area contributed by atoms with Crippen molar-refractivity contribution >= 4 is 11.8 Å². The van der Waals surface area contributed by atoms with E-state index in [9.17, 15) is 5.11 Å².